The minimum absolute atomic E-state index is 0.0237. The zero-order chi connectivity index (χ0) is 18.3. The molecule has 0 bridgehead atoms. The van der Waals surface area contributed by atoms with Crippen LogP contribution in [0.2, 0.25) is 0 Å². The molecular weight excluding hydrogens is 340 g/mol. The fraction of sp³-hybridized carbons (Fsp3) is 0.588. The van der Waals surface area contributed by atoms with Crippen LogP contribution >= 0.6 is 0 Å². The molecule has 0 radical (unpaired) electrons. The quantitative estimate of drug-likeness (QED) is 0.474. The molecule has 1 aromatic carbocycles. The van der Waals surface area contributed by atoms with E-state index in [1.54, 1.807) is 24.3 Å². The number of nitrogens with one attached hydrogen (secondary N) is 2. The van der Waals surface area contributed by atoms with Gasteiger partial charge < -0.3 is 15.8 Å². The fourth-order valence-corrected chi connectivity index (χ4v) is 3.51. The maximum atomic E-state index is 12.3. The van der Waals surface area contributed by atoms with Crippen molar-refractivity contribution in [1.82, 2.24) is 10.0 Å². The summed E-state index contributed by atoms with van der Waals surface area (Å²) in [7, 11) is -3.52. The number of aliphatic imine (C=N–C) groups is 1. The van der Waals surface area contributed by atoms with Gasteiger partial charge in [0.1, 0.15) is 0 Å². The molecule has 0 aromatic heterocycles. The molecule has 1 aliphatic heterocycles. The summed E-state index contributed by atoms with van der Waals surface area (Å²) in [4.78, 5) is 4.50. The third kappa shape index (κ3) is 6.30. The monoisotopic (exact) mass is 368 g/mol. The molecule has 7 nitrogen and oxygen atoms in total. The number of guanidine groups is 1. The van der Waals surface area contributed by atoms with Crippen molar-refractivity contribution in [3.05, 3.63) is 29.8 Å². The first-order chi connectivity index (χ1) is 11.9. The van der Waals surface area contributed by atoms with Crippen molar-refractivity contribution >= 4 is 16.0 Å². The largest absolute Gasteiger partial charge is 0.377 e. The maximum Gasteiger partial charge on any atom is 0.240 e. The van der Waals surface area contributed by atoms with Gasteiger partial charge in [0.05, 0.1) is 17.5 Å². The second-order valence-electron chi connectivity index (χ2n) is 6.29. The van der Waals surface area contributed by atoms with Crippen molar-refractivity contribution in [2.75, 3.05) is 13.2 Å². The fourth-order valence-electron chi connectivity index (χ4n) is 2.44. The van der Waals surface area contributed by atoms with Gasteiger partial charge >= 0.3 is 0 Å². The highest BCUT2D eigenvalue weighted by atomic mass is 32.2. The van der Waals surface area contributed by atoms with Gasteiger partial charge in [-0.3, -0.25) is 0 Å². The average Bonchev–Trinajstić information content (AvgIpc) is 3.12. The van der Waals surface area contributed by atoms with Crippen LogP contribution in [-0.2, 0) is 21.3 Å². The van der Waals surface area contributed by atoms with Gasteiger partial charge in [0.25, 0.3) is 0 Å². The van der Waals surface area contributed by atoms with Crippen LogP contribution in [0, 0.1) is 0 Å². The number of hydrogen-bond donors (Lipinski definition) is 3. The molecule has 2 unspecified atom stereocenters. The van der Waals surface area contributed by atoms with Gasteiger partial charge in [-0.15, -0.1) is 0 Å². The molecule has 8 heteroatoms. The number of ether oxygens (including phenoxy) is 1. The lowest BCUT2D eigenvalue weighted by molar-refractivity contribution is 0.114. The highest BCUT2D eigenvalue weighted by Gasteiger charge is 2.20. The number of nitrogens with two attached hydrogens (primary N) is 1. The van der Waals surface area contributed by atoms with Crippen LogP contribution in [0.4, 0.5) is 0 Å². The Morgan fingerprint density at radius 3 is 2.72 bits per heavy atom. The lowest BCUT2D eigenvalue weighted by Gasteiger charge is -2.12. The Morgan fingerprint density at radius 1 is 1.40 bits per heavy atom. The number of sulfonamides is 1. The second-order valence-corrected chi connectivity index (χ2v) is 8.05. The summed E-state index contributed by atoms with van der Waals surface area (Å²) in [5.41, 5.74) is 6.71. The first kappa shape index (κ1) is 19.7. The Hall–Kier alpha value is -1.64. The zero-order valence-corrected chi connectivity index (χ0v) is 15.7. The van der Waals surface area contributed by atoms with E-state index in [2.05, 4.69) is 22.0 Å². The Kier molecular flexibility index (Phi) is 7.22. The van der Waals surface area contributed by atoms with E-state index < -0.39 is 10.0 Å². The zero-order valence-electron chi connectivity index (χ0n) is 14.9. The van der Waals surface area contributed by atoms with E-state index in [9.17, 15) is 8.42 Å². The van der Waals surface area contributed by atoms with Gasteiger partial charge in [-0.05, 0) is 43.9 Å². The molecule has 0 aliphatic carbocycles. The SMILES string of the molecule is CCC(C)NC(N)=NCc1ccc(S(=O)(=O)NCC2CCCO2)cc1. The van der Waals surface area contributed by atoms with Crippen molar-refractivity contribution in [1.29, 1.82) is 0 Å². The first-order valence-corrected chi connectivity index (χ1v) is 10.2. The van der Waals surface area contributed by atoms with Gasteiger partial charge in [-0.2, -0.15) is 0 Å². The number of hydrogen-bond acceptors (Lipinski definition) is 4. The van der Waals surface area contributed by atoms with Crippen LogP contribution in [-0.4, -0.2) is 39.7 Å². The summed E-state index contributed by atoms with van der Waals surface area (Å²) in [6, 6.07) is 6.94. The topological polar surface area (TPSA) is 106 Å². The number of nitrogens with zero attached hydrogens (tertiary/aromatic N) is 1. The van der Waals surface area contributed by atoms with Crippen molar-refractivity contribution < 1.29 is 13.2 Å². The second kappa shape index (κ2) is 9.17. The number of rotatable bonds is 8. The average molecular weight is 369 g/mol. The normalized spacial score (nSPS) is 19.8. The molecule has 0 amide bonds. The molecular formula is C17H28N4O3S. The summed E-state index contributed by atoms with van der Waals surface area (Å²) in [6.07, 6.45) is 2.81. The van der Waals surface area contributed by atoms with Crippen LogP contribution < -0.4 is 15.8 Å². The maximum absolute atomic E-state index is 12.3. The van der Waals surface area contributed by atoms with Gasteiger partial charge in [-0.25, -0.2) is 18.1 Å². The van der Waals surface area contributed by atoms with E-state index in [-0.39, 0.29) is 17.0 Å². The Balaban J connectivity index is 1.90. The molecule has 0 saturated carbocycles. The highest BCUT2D eigenvalue weighted by Crippen LogP contribution is 2.14. The third-order valence-electron chi connectivity index (χ3n) is 4.20. The van der Waals surface area contributed by atoms with Crippen molar-refractivity contribution in [2.45, 2.75) is 56.7 Å². The standard InChI is InChI=1S/C17H28N4O3S/c1-3-13(2)21-17(18)19-11-14-6-8-16(9-7-14)25(22,23)20-12-15-5-4-10-24-15/h6-9,13,15,20H,3-5,10-12H2,1-2H3,(H3,18,19,21). The molecule has 4 N–H and O–H groups in total. The van der Waals surface area contributed by atoms with Gasteiger partial charge in [0, 0.05) is 19.2 Å². The summed E-state index contributed by atoms with van der Waals surface area (Å²) in [6.45, 7) is 5.52. The van der Waals surface area contributed by atoms with Gasteiger partial charge in [-0.1, -0.05) is 19.1 Å². The molecule has 0 spiro atoms. The smallest absolute Gasteiger partial charge is 0.240 e. The minimum Gasteiger partial charge on any atom is -0.377 e. The predicted molar refractivity (Wildman–Crippen MR) is 98.8 cm³/mol. The van der Waals surface area contributed by atoms with E-state index in [0.717, 1.165) is 24.8 Å². The van der Waals surface area contributed by atoms with E-state index in [1.807, 2.05) is 6.92 Å². The van der Waals surface area contributed by atoms with Crippen molar-refractivity contribution in [3.8, 4) is 0 Å². The Morgan fingerprint density at radius 2 is 2.12 bits per heavy atom. The van der Waals surface area contributed by atoms with Crippen LogP contribution in [0.15, 0.2) is 34.2 Å². The van der Waals surface area contributed by atoms with Gasteiger partial charge in [0.15, 0.2) is 5.96 Å². The minimum atomic E-state index is -3.52. The molecule has 2 rings (SSSR count). The molecule has 1 saturated heterocycles. The molecule has 25 heavy (non-hydrogen) atoms. The third-order valence-corrected chi connectivity index (χ3v) is 5.64. The van der Waals surface area contributed by atoms with Crippen LogP contribution in [0.5, 0.6) is 0 Å². The van der Waals surface area contributed by atoms with Crippen LogP contribution in [0.3, 0.4) is 0 Å². The van der Waals surface area contributed by atoms with E-state index in [1.165, 1.54) is 0 Å². The number of benzene rings is 1. The molecule has 140 valence electrons. The molecule has 2 atom stereocenters. The van der Waals surface area contributed by atoms with Crippen LogP contribution in [0.1, 0.15) is 38.7 Å². The lowest BCUT2D eigenvalue weighted by Crippen LogP contribution is -2.38. The molecule has 1 aliphatic rings. The predicted octanol–water partition coefficient (Wildman–Crippen LogP) is 1.35. The van der Waals surface area contributed by atoms with Crippen molar-refractivity contribution in [2.24, 2.45) is 10.7 Å². The van der Waals surface area contributed by atoms with E-state index >= 15 is 0 Å². The van der Waals surface area contributed by atoms with Crippen molar-refractivity contribution in [3.63, 3.8) is 0 Å². The Bertz CT molecular complexity index is 668. The lowest BCUT2D eigenvalue weighted by atomic mass is 10.2. The highest BCUT2D eigenvalue weighted by molar-refractivity contribution is 7.89. The summed E-state index contributed by atoms with van der Waals surface area (Å²) in [5, 5.41) is 3.09. The molecule has 1 heterocycles. The summed E-state index contributed by atoms with van der Waals surface area (Å²) >= 11 is 0. The summed E-state index contributed by atoms with van der Waals surface area (Å²) < 4.78 is 32.6. The van der Waals surface area contributed by atoms with E-state index in [4.69, 9.17) is 10.5 Å². The van der Waals surface area contributed by atoms with Crippen LogP contribution in [0.25, 0.3) is 0 Å². The molecule has 1 aromatic rings. The van der Waals surface area contributed by atoms with E-state index in [0.29, 0.717) is 25.7 Å². The first-order valence-electron chi connectivity index (χ1n) is 8.67. The Labute approximate surface area is 150 Å². The summed E-state index contributed by atoms with van der Waals surface area (Å²) in [5.74, 6) is 0.393. The van der Waals surface area contributed by atoms with Gasteiger partial charge in [0.2, 0.25) is 10.0 Å². The molecule has 1 fully saturated rings.